The maximum atomic E-state index is 12.5. The zero-order chi connectivity index (χ0) is 17.6. The van der Waals surface area contributed by atoms with E-state index in [1.807, 2.05) is 18.2 Å². The molecule has 0 bridgehead atoms. The molecule has 0 N–H and O–H groups in total. The molecule has 1 atom stereocenters. The number of esters is 1. The fraction of sp³-hybridized carbons (Fsp3) is 0.500. The Morgan fingerprint density at radius 2 is 2.24 bits per heavy atom. The van der Waals surface area contributed by atoms with Gasteiger partial charge < -0.3 is 9.64 Å². The molecule has 0 aliphatic carbocycles. The Hall–Kier alpha value is -1.47. The van der Waals surface area contributed by atoms with Crippen LogP contribution in [0.4, 0.5) is 5.69 Å². The topological polar surface area (TPSA) is 59.0 Å². The largest absolute Gasteiger partial charge is 0.466 e. The van der Waals surface area contributed by atoms with Gasteiger partial charge in [-0.15, -0.1) is 0 Å². The number of rotatable bonds is 4. The van der Waals surface area contributed by atoms with Gasteiger partial charge in [0.25, 0.3) is 0 Å². The third kappa shape index (κ3) is 4.79. The predicted octanol–water partition coefficient (Wildman–Crippen LogP) is 3.46. The van der Waals surface area contributed by atoms with Gasteiger partial charge in [-0.3, -0.25) is 9.59 Å². The van der Waals surface area contributed by atoms with Gasteiger partial charge in [-0.2, -0.15) is 0 Å². The second-order valence-electron chi connectivity index (χ2n) is 6.01. The first-order chi connectivity index (χ1) is 12.2. The van der Waals surface area contributed by atoms with Gasteiger partial charge in [-0.05, 0) is 31.4 Å². The number of piperidine rings is 1. The summed E-state index contributed by atoms with van der Waals surface area (Å²) >= 11 is 3.16. The molecule has 0 spiro atoms. The first kappa shape index (κ1) is 18.3. The van der Waals surface area contributed by atoms with Gasteiger partial charge in [0, 0.05) is 18.8 Å². The number of thioether (sulfide) groups is 2. The average Bonchev–Trinajstić information content (AvgIpc) is 2.66. The summed E-state index contributed by atoms with van der Waals surface area (Å²) in [5, 5.41) is 0. The van der Waals surface area contributed by atoms with Crippen LogP contribution in [0.2, 0.25) is 0 Å². The van der Waals surface area contributed by atoms with Crippen LogP contribution in [0, 0.1) is 5.92 Å². The van der Waals surface area contributed by atoms with Crippen molar-refractivity contribution in [2.24, 2.45) is 10.9 Å². The molecule has 134 valence electrons. The van der Waals surface area contributed by atoms with Crippen molar-refractivity contribution in [3.8, 4) is 0 Å². The number of amides is 1. The Bertz CT molecular complexity index is 678. The van der Waals surface area contributed by atoms with E-state index in [1.54, 1.807) is 23.6 Å². The van der Waals surface area contributed by atoms with Crippen LogP contribution in [0.1, 0.15) is 25.3 Å². The summed E-state index contributed by atoms with van der Waals surface area (Å²) < 4.78 is 6.03. The zero-order valence-electron chi connectivity index (χ0n) is 14.3. The quantitative estimate of drug-likeness (QED) is 0.751. The van der Waals surface area contributed by atoms with Crippen molar-refractivity contribution in [2.45, 2.75) is 25.5 Å². The van der Waals surface area contributed by atoms with Crippen LogP contribution in [0.25, 0.3) is 0 Å². The van der Waals surface area contributed by atoms with Crippen LogP contribution >= 0.6 is 23.5 Å². The maximum Gasteiger partial charge on any atom is 0.310 e. The molecule has 1 amide bonds. The molecule has 7 heteroatoms. The van der Waals surface area contributed by atoms with Crippen molar-refractivity contribution in [1.82, 2.24) is 4.90 Å². The summed E-state index contributed by atoms with van der Waals surface area (Å²) in [6, 6.07) is 8.09. The molecule has 1 aromatic carbocycles. The van der Waals surface area contributed by atoms with Gasteiger partial charge in [0.15, 0.2) is 0 Å². The van der Waals surface area contributed by atoms with Gasteiger partial charge in [0.1, 0.15) is 4.38 Å². The molecule has 1 saturated heterocycles. The minimum absolute atomic E-state index is 0.0705. The van der Waals surface area contributed by atoms with Crippen LogP contribution in [-0.4, -0.2) is 46.6 Å². The third-order valence-corrected chi connectivity index (χ3v) is 6.50. The van der Waals surface area contributed by atoms with Crippen molar-refractivity contribution in [3.05, 3.63) is 29.8 Å². The number of carbonyl (C=O) groups is 2. The molecule has 1 fully saturated rings. The second-order valence-corrected chi connectivity index (χ2v) is 8.20. The van der Waals surface area contributed by atoms with Crippen LogP contribution < -0.4 is 0 Å². The molecule has 1 unspecified atom stereocenters. The van der Waals surface area contributed by atoms with Gasteiger partial charge in [-0.1, -0.05) is 41.7 Å². The summed E-state index contributed by atoms with van der Waals surface area (Å²) in [7, 11) is 0. The first-order valence-corrected chi connectivity index (χ1v) is 10.5. The van der Waals surface area contributed by atoms with Crippen LogP contribution in [0.15, 0.2) is 29.3 Å². The van der Waals surface area contributed by atoms with E-state index in [0.717, 1.165) is 35.2 Å². The number of fused-ring (bicyclic) bond motifs is 1. The SMILES string of the molecule is CCOC(=O)C1CCCN(C(=O)CSC2=Nc3ccccc3CS2)C1. The average molecular weight is 379 g/mol. The number of benzene rings is 1. The van der Waals surface area contributed by atoms with E-state index in [0.29, 0.717) is 18.9 Å². The summed E-state index contributed by atoms with van der Waals surface area (Å²) in [5.74, 6) is 0.961. The highest BCUT2D eigenvalue weighted by Crippen LogP contribution is 2.34. The number of hydrogen-bond donors (Lipinski definition) is 0. The van der Waals surface area contributed by atoms with Gasteiger partial charge in [0.2, 0.25) is 5.91 Å². The minimum atomic E-state index is -0.184. The fourth-order valence-electron chi connectivity index (χ4n) is 2.96. The van der Waals surface area contributed by atoms with E-state index < -0.39 is 0 Å². The molecule has 2 aliphatic heterocycles. The fourth-order valence-corrected chi connectivity index (χ4v) is 4.92. The van der Waals surface area contributed by atoms with Crippen molar-refractivity contribution < 1.29 is 14.3 Å². The lowest BCUT2D eigenvalue weighted by molar-refractivity contribution is -0.151. The molecular weight excluding hydrogens is 356 g/mol. The van der Waals surface area contributed by atoms with Crippen LogP contribution in [0.5, 0.6) is 0 Å². The monoisotopic (exact) mass is 378 g/mol. The number of nitrogens with zero attached hydrogens (tertiary/aromatic N) is 2. The molecule has 2 heterocycles. The Labute approximate surface area is 156 Å². The molecule has 3 rings (SSSR count). The highest BCUT2D eigenvalue weighted by atomic mass is 32.2. The van der Waals surface area contributed by atoms with E-state index in [2.05, 4.69) is 11.1 Å². The summed E-state index contributed by atoms with van der Waals surface area (Å²) in [4.78, 5) is 30.8. The number of para-hydroxylation sites is 1. The van der Waals surface area contributed by atoms with Gasteiger partial charge >= 0.3 is 5.97 Å². The van der Waals surface area contributed by atoms with E-state index in [9.17, 15) is 9.59 Å². The Morgan fingerprint density at radius 1 is 1.40 bits per heavy atom. The third-order valence-electron chi connectivity index (χ3n) is 4.27. The number of carbonyl (C=O) groups excluding carboxylic acids is 2. The molecule has 0 aromatic heterocycles. The smallest absolute Gasteiger partial charge is 0.310 e. The lowest BCUT2D eigenvalue weighted by Gasteiger charge is -2.31. The van der Waals surface area contributed by atoms with E-state index in [4.69, 9.17) is 4.74 Å². The van der Waals surface area contributed by atoms with Crippen LogP contribution in [-0.2, 0) is 20.1 Å². The van der Waals surface area contributed by atoms with E-state index in [-0.39, 0.29) is 17.8 Å². The normalized spacial score (nSPS) is 19.8. The number of ether oxygens (including phenoxy) is 1. The zero-order valence-corrected chi connectivity index (χ0v) is 15.9. The predicted molar refractivity (Wildman–Crippen MR) is 103 cm³/mol. The van der Waals surface area contributed by atoms with Crippen LogP contribution in [0.3, 0.4) is 0 Å². The molecular formula is C18H22N2O3S2. The lowest BCUT2D eigenvalue weighted by Crippen LogP contribution is -2.43. The molecule has 0 radical (unpaired) electrons. The minimum Gasteiger partial charge on any atom is -0.466 e. The molecule has 2 aliphatic rings. The van der Waals surface area contributed by atoms with Crippen molar-refractivity contribution in [1.29, 1.82) is 0 Å². The molecule has 0 saturated carbocycles. The van der Waals surface area contributed by atoms with E-state index in [1.165, 1.54) is 17.3 Å². The maximum absolute atomic E-state index is 12.5. The van der Waals surface area contributed by atoms with Gasteiger partial charge in [-0.25, -0.2) is 4.99 Å². The summed E-state index contributed by atoms with van der Waals surface area (Å²) in [6.45, 7) is 3.39. The van der Waals surface area contributed by atoms with E-state index >= 15 is 0 Å². The van der Waals surface area contributed by atoms with Gasteiger partial charge in [0.05, 0.1) is 24.0 Å². The number of hydrogen-bond acceptors (Lipinski definition) is 6. The summed E-state index contributed by atoms with van der Waals surface area (Å²) in [5.41, 5.74) is 2.23. The number of likely N-dealkylation sites (tertiary alicyclic amines) is 1. The Morgan fingerprint density at radius 3 is 3.08 bits per heavy atom. The molecule has 25 heavy (non-hydrogen) atoms. The highest BCUT2D eigenvalue weighted by Gasteiger charge is 2.29. The molecule has 1 aromatic rings. The van der Waals surface area contributed by atoms with Crippen molar-refractivity contribution in [2.75, 3.05) is 25.4 Å². The molecule has 5 nitrogen and oxygen atoms in total. The van der Waals surface area contributed by atoms with Crippen molar-refractivity contribution in [3.63, 3.8) is 0 Å². The first-order valence-electron chi connectivity index (χ1n) is 8.54. The Kier molecular flexibility index (Phi) is 6.42. The number of aliphatic imine (C=N–C) groups is 1. The van der Waals surface area contributed by atoms with Crippen molar-refractivity contribution >= 4 is 45.5 Å². The second kappa shape index (κ2) is 8.76. The standard InChI is InChI=1S/C18H22N2O3S2/c1-2-23-17(22)13-7-5-9-20(10-13)16(21)12-25-18-19-15-8-4-3-6-14(15)11-24-18/h3-4,6,8,13H,2,5,7,9-12H2,1H3. The lowest BCUT2D eigenvalue weighted by atomic mass is 9.98. The Balaban J connectivity index is 1.53. The highest BCUT2D eigenvalue weighted by molar-refractivity contribution is 8.38. The summed E-state index contributed by atoms with van der Waals surface area (Å²) in [6.07, 6.45) is 1.65.